The van der Waals surface area contributed by atoms with Crippen LogP contribution in [0.15, 0.2) is 59.9 Å². The van der Waals surface area contributed by atoms with Gasteiger partial charge in [-0.3, -0.25) is 14.6 Å². The van der Waals surface area contributed by atoms with Gasteiger partial charge < -0.3 is 19.3 Å². The highest BCUT2D eigenvalue weighted by Crippen LogP contribution is 2.36. The lowest BCUT2D eigenvalue weighted by atomic mass is 9.95. The van der Waals surface area contributed by atoms with E-state index in [2.05, 4.69) is 38.0 Å². The zero-order valence-electron chi connectivity index (χ0n) is 25.2. The second kappa shape index (κ2) is 12.2. The number of ketones is 1. The van der Waals surface area contributed by atoms with Crippen molar-refractivity contribution in [3.8, 4) is 0 Å². The predicted octanol–water partition coefficient (Wildman–Crippen LogP) is 4.51. The van der Waals surface area contributed by atoms with Crippen LogP contribution in [-0.2, 0) is 38.3 Å². The largest absolute Gasteiger partial charge is 0.460 e. The maximum absolute atomic E-state index is 13.0. The van der Waals surface area contributed by atoms with Crippen LogP contribution < -0.4 is 9.80 Å². The van der Waals surface area contributed by atoms with E-state index in [0.717, 1.165) is 72.3 Å². The maximum Gasteiger partial charge on any atom is 0.306 e. The second-order valence-electron chi connectivity index (χ2n) is 12.6. The number of carbonyl (C=O) groups excluding carboxylic acids is 2. The quantitative estimate of drug-likeness (QED) is 0.341. The molecule has 3 aromatic rings. The average molecular weight is 582 g/mol. The van der Waals surface area contributed by atoms with Crippen molar-refractivity contribution in [2.24, 2.45) is 10.9 Å². The summed E-state index contributed by atoms with van der Waals surface area (Å²) in [7, 11) is 0. The van der Waals surface area contributed by atoms with Crippen molar-refractivity contribution in [3.63, 3.8) is 0 Å². The summed E-state index contributed by atoms with van der Waals surface area (Å²) >= 11 is 0. The van der Waals surface area contributed by atoms with E-state index in [0.29, 0.717) is 26.1 Å². The molecule has 0 bridgehead atoms. The number of nitrogens with zero attached hydrogens (tertiary/aromatic N) is 5. The molecule has 9 heteroatoms. The van der Waals surface area contributed by atoms with Crippen molar-refractivity contribution in [1.29, 1.82) is 0 Å². The molecule has 0 spiro atoms. The molecule has 1 aromatic carbocycles. The zero-order valence-corrected chi connectivity index (χ0v) is 25.2. The zero-order chi connectivity index (χ0) is 30.0. The van der Waals surface area contributed by atoms with Crippen molar-refractivity contribution in [2.45, 2.75) is 52.1 Å². The van der Waals surface area contributed by atoms with Crippen LogP contribution in [-0.4, -0.2) is 72.4 Å². The molecular formula is C34H39N5O4. The predicted molar refractivity (Wildman–Crippen MR) is 166 cm³/mol. The third-order valence-corrected chi connectivity index (χ3v) is 7.97. The number of aromatic nitrogens is 2. The van der Waals surface area contributed by atoms with Crippen LogP contribution in [0, 0.1) is 5.92 Å². The number of esters is 1. The molecule has 43 heavy (non-hydrogen) atoms. The Hall–Kier alpha value is -4.11. The van der Waals surface area contributed by atoms with Gasteiger partial charge in [0.25, 0.3) is 0 Å². The van der Waals surface area contributed by atoms with Gasteiger partial charge in [-0.2, -0.15) is 0 Å². The normalized spacial score (nSPS) is 16.9. The molecule has 224 valence electrons. The van der Waals surface area contributed by atoms with Crippen LogP contribution >= 0.6 is 0 Å². The van der Waals surface area contributed by atoms with Crippen LogP contribution in [0.3, 0.4) is 0 Å². The van der Waals surface area contributed by atoms with Gasteiger partial charge in [0.1, 0.15) is 17.1 Å². The van der Waals surface area contributed by atoms with Crippen LogP contribution in [0.4, 0.5) is 17.2 Å². The molecule has 2 saturated heterocycles. The van der Waals surface area contributed by atoms with Crippen LogP contribution in [0.2, 0.25) is 0 Å². The fourth-order valence-electron chi connectivity index (χ4n) is 5.87. The van der Waals surface area contributed by atoms with Crippen LogP contribution in [0.1, 0.15) is 49.6 Å². The topological polar surface area (TPSA) is 97.2 Å². The molecule has 2 fully saturated rings. The van der Waals surface area contributed by atoms with E-state index in [1.54, 1.807) is 6.20 Å². The lowest BCUT2D eigenvalue weighted by molar-refractivity contribution is -0.156. The number of Topliss-reactive ketones (excluding diaryl/α,β-unsaturated/α-hetero) is 1. The fraction of sp³-hybridized carbons (Fsp3) is 0.441. The molecule has 0 N–H and O–H groups in total. The van der Waals surface area contributed by atoms with Gasteiger partial charge in [0.15, 0.2) is 5.82 Å². The Bertz CT molecular complexity index is 1520. The number of hydrogen-bond acceptors (Lipinski definition) is 9. The number of rotatable bonds is 9. The molecule has 5 heterocycles. The number of benzene rings is 1. The Kier molecular flexibility index (Phi) is 8.25. The lowest BCUT2D eigenvalue weighted by Gasteiger charge is -2.41. The van der Waals surface area contributed by atoms with Gasteiger partial charge in [-0.05, 0) is 55.7 Å². The summed E-state index contributed by atoms with van der Waals surface area (Å²) in [5.41, 5.74) is 6.56. The van der Waals surface area contributed by atoms with Crippen molar-refractivity contribution in [2.75, 3.05) is 49.2 Å². The summed E-state index contributed by atoms with van der Waals surface area (Å²) in [6.45, 7) is 10.3. The van der Waals surface area contributed by atoms with Gasteiger partial charge in [-0.25, -0.2) is 9.98 Å². The number of carbonyl (C=O) groups is 2. The van der Waals surface area contributed by atoms with Crippen molar-refractivity contribution in [1.82, 2.24) is 9.97 Å². The number of ether oxygens (including phenoxy) is 2. The van der Waals surface area contributed by atoms with E-state index < -0.39 is 5.60 Å². The van der Waals surface area contributed by atoms with Gasteiger partial charge >= 0.3 is 5.97 Å². The van der Waals surface area contributed by atoms with Gasteiger partial charge in [0.05, 0.1) is 25.3 Å². The third-order valence-electron chi connectivity index (χ3n) is 7.97. The molecule has 9 nitrogen and oxygen atoms in total. The van der Waals surface area contributed by atoms with Gasteiger partial charge in [-0.1, -0.05) is 24.3 Å². The second-order valence-corrected chi connectivity index (χ2v) is 12.6. The SMILES string of the molecule is CC(C)(C)OC(=O)CC1CN(c2ccnc(CC(=O)Cc3ccc(C4=Nc5c(ccnc5N5CCOCC5)C4)cc3)c2)C1. The van der Waals surface area contributed by atoms with Crippen LogP contribution in [0.25, 0.3) is 0 Å². The molecule has 2 aromatic heterocycles. The van der Waals surface area contributed by atoms with E-state index in [-0.39, 0.29) is 24.1 Å². The standard InChI is InChI=1S/C34H39N5O4/c1-34(2,3)43-31(41)17-24-21-39(22-24)28-9-11-35-27(19-28)20-29(40)16-23-4-6-25(7-5-23)30-18-26-8-10-36-33(32(26)37-30)38-12-14-42-15-13-38/h4-11,19,24H,12-18,20-22H2,1-3H3. The molecule has 0 amide bonds. The minimum Gasteiger partial charge on any atom is -0.460 e. The molecule has 0 radical (unpaired) electrons. The first-order valence-corrected chi connectivity index (χ1v) is 15.1. The smallest absolute Gasteiger partial charge is 0.306 e. The first-order valence-electron chi connectivity index (χ1n) is 15.1. The van der Waals surface area contributed by atoms with Gasteiger partial charge in [0.2, 0.25) is 0 Å². The summed E-state index contributed by atoms with van der Waals surface area (Å²) in [6.07, 6.45) is 5.46. The molecular weight excluding hydrogens is 542 g/mol. The minimum absolute atomic E-state index is 0.121. The van der Waals surface area contributed by atoms with E-state index in [1.165, 1.54) is 5.56 Å². The molecule has 0 aliphatic carbocycles. The molecule has 0 atom stereocenters. The molecule has 3 aliphatic rings. The summed E-state index contributed by atoms with van der Waals surface area (Å²) in [5.74, 6) is 1.19. The van der Waals surface area contributed by atoms with Crippen molar-refractivity contribution in [3.05, 3.63) is 77.2 Å². The molecule has 6 rings (SSSR count). The number of hydrogen-bond donors (Lipinski definition) is 0. The monoisotopic (exact) mass is 581 g/mol. The van der Waals surface area contributed by atoms with E-state index in [1.807, 2.05) is 51.2 Å². The fourth-order valence-corrected chi connectivity index (χ4v) is 5.87. The summed E-state index contributed by atoms with van der Waals surface area (Å²) in [5, 5.41) is 0. The van der Waals surface area contributed by atoms with Crippen molar-refractivity contribution < 1.29 is 19.1 Å². The number of aliphatic imine (C=N–C) groups is 1. The minimum atomic E-state index is -0.460. The van der Waals surface area contributed by atoms with E-state index in [9.17, 15) is 9.59 Å². The average Bonchev–Trinajstić information content (AvgIpc) is 3.39. The maximum atomic E-state index is 13.0. The highest BCUT2D eigenvalue weighted by Gasteiger charge is 2.31. The highest BCUT2D eigenvalue weighted by molar-refractivity contribution is 6.07. The van der Waals surface area contributed by atoms with E-state index >= 15 is 0 Å². The Morgan fingerprint density at radius 3 is 2.44 bits per heavy atom. The van der Waals surface area contributed by atoms with Crippen LogP contribution in [0.5, 0.6) is 0 Å². The lowest BCUT2D eigenvalue weighted by Crippen LogP contribution is -2.48. The first-order chi connectivity index (χ1) is 20.7. The number of anilines is 2. The number of pyridine rings is 2. The third kappa shape index (κ3) is 7.10. The van der Waals surface area contributed by atoms with Gasteiger partial charge in [-0.15, -0.1) is 0 Å². The summed E-state index contributed by atoms with van der Waals surface area (Å²) in [4.78, 5) is 43.6. The summed E-state index contributed by atoms with van der Waals surface area (Å²) in [6, 6.07) is 14.2. The Labute approximate surface area is 253 Å². The summed E-state index contributed by atoms with van der Waals surface area (Å²) < 4.78 is 11.0. The molecule has 0 unspecified atom stereocenters. The van der Waals surface area contributed by atoms with E-state index in [4.69, 9.17) is 14.5 Å². The molecule has 3 aliphatic heterocycles. The van der Waals surface area contributed by atoms with Crippen molar-refractivity contribution >= 4 is 34.7 Å². The Morgan fingerprint density at radius 1 is 0.953 bits per heavy atom. The molecule has 0 saturated carbocycles. The van der Waals surface area contributed by atoms with Gasteiger partial charge in [0, 0.05) is 75.1 Å². The Morgan fingerprint density at radius 2 is 1.70 bits per heavy atom. The Balaban J connectivity index is 1.02. The number of morpholine rings is 1. The number of fused-ring (bicyclic) bond motifs is 1. The first kappa shape index (κ1) is 29.0. The highest BCUT2D eigenvalue weighted by atomic mass is 16.6.